The van der Waals surface area contributed by atoms with E-state index in [0.29, 0.717) is 6.54 Å². The highest BCUT2D eigenvalue weighted by Crippen LogP contribution is 2.15. The Morgan fingerprint density at radius 2 is 2.13 bits per heavy atom. The summed E-state index contributed by atoms with van der Waals surface area (Å²) < 4.78 is 0. The molecule has 1 aliphatic heterocycles. The molecule has 1 fully saturated rings. The highest BCUT2D eigenvalue weighted by molar-refractivity contribution is 5.97. The quantitative estimate of drug-likeness (QED) is 0.756. The van der Waals surface area contributed by atoms with E-state index < -0.39 is 6.23 Å². The molecule has 0 amide bonds. The number of carbonyl (C=O) groups excluding carboxylic acids is 1. The molecule has 2 rings (SSSR count). The van der Waals surface area contributed by atoms with Gasteiger partial charge in [-0.25, -0.2) is 0 Å². The fourth-order valence-electron chi connectivity index (χ4n) is 1.89. The number of hydrogen-bond donors (Lipinski definition) is 1. The summed E-state index contributed by atoms with van der Waals surface area (Å²) in [5.41, 5.74) is 0.719. The highest BCUT2D eigenvalue weighted by Gasteiger charge is 2.24. The molecule has 80 valence electrons. The number of Topliss-reactive ketones (excluding diaryl/α,β-unsaturated/α-hetero) is 1. The molecular formula is C12H15NO2. The van der Waals surface area contributed by atoms with Crippen molar-refractivity contribution in [1.82, 2.24) is 4.90 Å². The lowest BCUT2D eigenvalue weighted by Gasteiger charge is -2.18. The van der Waals surface area contributed by atoms with Crippen LogP contribution in [-0.2, 0) is 0 Å². The van der Waals surface area contributed by atoms with Crippen LogP contribution in [0.1, 0.15) is 23.2 Å². The number of aliphatic hydroxyl groups is 1. The Bertz CT molecular complexity index is 337. The smallest absolute Gasteiger partial charge is 0.176 e. The van der Waals surface area contributed by atoms with E-state index >= 15 is 0 Å². The van der Waals surface area contributed by atoms with Crippen molar-refractivity contribution in [2.75, 3.05) is 13.1 Å². The fourth-order valence-corrected chi connectivity index (χ4v) is 1.89. The van der Waals surface area contributed by atoms with E-state index in [9.17, 15) is 9.90 Å². The van der Waals surface area contributed by atoms with Gasteiger partial charge in [-0.05, 0) is 12.8 Å². The van der Waals surface area contributed by atoms with E-state index in [-0.39, 0.29) is 5.78 Å². The maximum absolute atomic E-state index is 11.8. The molecule has 0 bridgehead atoms. The van der Waals surface area contributed by atoms with Crippen LogP contribution in [0.15, 0.2) is 30.3 Å². The van der Waals surface area contributed by atoms with Crippen LogP contribution in [0.25, 0.3) is 0 Å². The maximum Gasteiger partial charge on any atom is 0.176 e. The van der Waals surface area contributed by atoms with Gasteiger partial charge in [0, 0.05) is 12.1 Å². The third-order valence-electron chi connectivity index (χ3n) is 2.77. The third kappa shape index (κ3) is 2.43. The standard InChI is InChI=1S/C12H15NO2/c14-11(10-5-2-1-3-6-10)9-13-8-4-7-12(13)15/h1-3,5-6,12,15H,4,7-9H2. The number of ketones is 1. The van der Waals surface area contributed by atoms with E-state index in [1.54, 1.807) is 0 Å². The van der Waals surface area contributed by atoms with Crippen molar-refractivity contribution in [1.29, 1.82) is 0 Å². The molecule has 0 radical (unpaired) electrons. The largest absolute Gasteiger partial charge is 0.378 e. The first-order chi connectivity index (χ1) is 7.27. The van der Waals surface area contributed by atoms with Crippen molar-refractivity contribution in [3.63, 3.8) is 0 Å². The second kappa shape index (κ2) is 4.55. The molecule has 0 spiro atoms. The molecule has 1 aromatic rings. The van der Waals surface area contributed by atoms with E-state index in [4.69, 9.17) is 0 Å². The van der Waals surface area contributed by atoms with Crippen molar-refractivity contribution < 1.29 is 9.90 Å². The lowest BCUT2D eigenvalue weighted by molar-refractivity contribution is 0.0366. The second-order valence-corrected chi connectivity index (χ2v) is 3.88. The predicted molar refractivity (Wildman–Crippen MR) is 57.6 cm³/mol. The molecule has 3 heteroatoms. The molecule has 15 heavy (non-hydrogen) atoms. The molecule has 1 saturated heterocycles. The summed E-state index contributed by atoms with van der Waals surface area (Å²) in [5.74, 6) is 0.0801. The first-order valence-corrected chi connectivity index (χ1v) is 5.28. The highest BCUT2D eigenvalue weighted by atomic mass is 16.3. The molecule has 1 unspecified atom stereocenters. The minimum absolute atomic E-state index is 0.0801. The summed E-state index contributed by atoms with van der Waals surface area (Å²) in [4.78, 5) is 13.6. The number of benzene rings is 1. The number of hydrogen-bond acceptors (Lipinski definition) is 3. The summed E-state index contributed by atoms with van der Waals surface area (Å²) in [7, 11) is 0. The van der Waals surface area contributed by atoms with Crippen LogP contribution in [-0.4, -0.2) is 35.1 Å². The van der Waals surface area contributed by atoms with Crippen LogP contribution in [0.3, 0.4) is 0 Å². The molecule has 0 aromatic heterocycles. The van der Waals surface area contributed by atoms with Gasteiger partial charge in [0.15, 0.2) is 5.78 Å². The van der Waals surface area contributed by atoms with E-state index in [1.807, 2.05) is 35.2 Å². The van der Waals surface area contributed by atoms with Crippen molar-refractivity contribution in [3.8, 4) is 0 Å². The topological polar surface area (TPSA) is 40.5 Å². The van der Waals surface area contributed by atoms with Crippen molar-refractivity contribution in [2.24, 2.45) is 0 Å². The van der Waals surface area contributed by atoms with Crippen LogP contribution in [0, 0.1) is 0 Å². The number of likely N-dealkylation sites (tertiary alicyclic amines) is 1. The zero-order valence-corrected chi connectivity index (χ0v) is 8.60. The minimum Gasteiger partial charge on any atom is -0.378 e. The lowest BCUT2D eigenvalue weighted by atomic mass is 10.1. The van der Waals surface area contributed by atoms with Crippen LogP contribution in [0.2, 0.25) is 0 Å². The molecule has 0 aliphatic carbocycles. The summed E-state index contributed by atoms with van der Waals surface area (Å²) in [6.45, 7) is 1.14. The number of carbonyl (C=O) groups is 1. The van der Waals surface area contributed by atoms with Crippen LogP contribution >= 0.6 is 0 Å². The monoisotopic (exact) mass is 205 g/mol. The zero-order chi connectivity index (χ0) is 10.7. The van der Waals surface area contributed by atoms with E-state index in [1.165, 1.54) is 0 Å². The summed E-state index contributed by atoms with van der Waals surface area (Å²) >= 11 is 0. The van der Waals surface area contributed by atoms with Crippen molar-refractivity contribution in [3.05, 3.63) is 35.9 Å². The predicted octanol–water partition coefficient (Wildman–Crippen LogP) is 1.28. The molecule has 1 aliphatic rings. The number of nitrogens with zero attached hydrogens (tertiary/aromatic N) is 1. The van der Waals surface area contributed by atoms with Crippen LogP contribution < -0.4 is 0 Å². The van der Waals surface area contributed by atoms with Gasteiger partial charge in [0.2, 0.25) is 0 Å². The maximum atomic E-state index is 11.8. The number of rotatable bonds is 3. The van der Waals surface area contributed by atoms with Gasteiger partial charge < -0.3 is 5.11 Å². The Balaban J connectivity index is 1.98. The Morgan fingerprint density at radius 1 is 1.40 bits per heavy atom. The van der Waals surface area contributed by atoms with Crippen molar-refractivity contribution >= 4 is 5.78 Å². The van der Waals surface area contributed by atoms with Crippen molar-refractivity contribution in [2.45, 2.75) is 19.1 Å². The van der Waals surface area contributed by atoms with Gasteiger partial charge in [0.25, 0.3) is 0 Å². The summed E-state index contributed by atoms with van der Waals surface area (Å²) in [5, 5.41) is 9.56. The zero-order valence-electron chi connectivity index (χ0n) is 8.60. The Labute approximate surface area is 89.3 Å². The molecule has 3 nitrogen and oxygen atoms in total. The van der Waals surface area contributed by atoms with Gasteiger partial charge >= 0.3 is 0 Å². The summed E-state index contributed by atoms with van der Waals surface area (Å²) in [6, 6.07) is 9.22. The van der Waals surface area contributed by atoms with Gasteiger partial charge in [0.05, 0.1) is 6.54 Å². The first kappa shape index (κ1) is 10.3. The Kier molecular flexibility index (Phi) is 3.14. The Morgan fingerprint density at radius 3 is 2.73 bits per heavy atom. The Hall–Kier alpha value is -1.19. The van der Waals surface area contributed by atoms with Gasteiger partial charge in [-0.1, -0.05) is 30.3 Å². The normalized spacial score (nSPS) is 21.8. The molecule has 1 aromatic carbocycles. The average molecular weight is 205 g/mol. The van der Waals surface area contributed by atoms with E-state index in [2.05, 4.69) is 0 Å². The fraction of sp³-hybridized carbons (Fsp3) is 0.417. The molecular weight excluding hydrogens is 190 g/mol. The summed E-state index contributed by atoms with van der Waals surface area (Å²) in [6.07, 6.45) is 1.32. The minimum atomic E-state index is -0.433. The SMILES string of the molecule is O=C(CN1CCCC1O)c1ccccc1. The van der Waals surface area contributed by atoms with Gasteiger partial charge in [-0.3, -0.25) is 9.69 Å². The van der Waals surface area contributed by atoms with Gasteiger partial charge in [-0.15, -0.1) is 0 Å². The lowest BCUT2D eigenvalue weighted by Crippen LogP contribution is -2.34. The molecule has 1 N–H and O–H groups in total. The second-order valence-electron chi connectivity index (χ2n) is 3.88. The van der Waals surface area contributed by atoms with Crippen LogP contribution in [0.5, 0.6) is 0 Å². The van der Waals surface area contributed by atoms with Crippen LogP contribution in [0.4, 0.5) is 0 Å². The number of aliphatic hydroxyl groups excluding tert-OH is 1. The van der Waals surface area contributed by atoms with Gasteiger partial charge in [0.1, 0.15) is 6.23 Å². The van der Waals surface area contributed by atoms with Gasteiger partial charge in [-0.2, -0.15) is 0 Å². The van der Waals surface area contributed by atoms with E-state index in [0.717, 1.165) is 24.9 Å². The molecule has 0 saturated carbocycles. The molecule has 1 heterocycles. The molecule has 1 atom stereocenters. The first-order valence-electron chi connectivity index (χ1n) is 5.28. The average Bonchev–Trinajstić information content (AvgIpc) is 2.66. The third-order valence-corrected chi connectivity index (χ3v) is 2.77.